The molecule has 4 heteroatoms. The van der Waals surface area contributed by atoms with Crippen molar-refractivity contribution in [2.24, 2.45) is 0 Å². The highest BCUT2D eigenvalue weighted by molar-refractivity contribution is 7.99. The monoisotopic (exact) mass is 304 g/mol. The largest absolute Gasteiger partial charge is 0.385 e. The summed E-state index contributed by atoms with van der Waals surface area (Å²) < 4.78 is 2.28. The Balaban J connectivity index is 2.04. The van der Waals surface area contributed by atoms with Gasteiger partial charge in [-0.2, -0.15) is 11.8 Å². The zero-order valence-electron chi connectivity index (χ0n) is 13.0. The number of aliphatic hydroxyl groups is 1. The second-order valence-electron chi connectivity index (χ2n) is 6.24. The number of hydrogen-bond donors (Lipinski definition) is 1. The van der Waals surface area contributed by atoms with Gasteiger partial charge in [0, 0.05) is 11.7 Å². The van der Waals surface area contributed by atoms with E-state index in [2.05, 4.69) is 60.9 Å². The number of hydrogen-bond acceptors (Lipinski definition) is 3. The molecule has 3 rings (SSSR count). The number of nitrogens with zero attached hydrogens (tertiary/aromatic N) is 2. The SMILES string of the molecule is CC(N(C)C)n1ccc2ccc(C3(O)CCSCC3)cc21. The predicted octanol–water partition coefficient (Wildman–Crippen LogP) is 3.44. The van der Waals surface area contributed by atoms with Gasteiger partial charge >= 0.3 is 0 Å². The first-order valence-electron chi connectivity index (χ1n) is 7.59. The second-order valence-corrected chi connectivity index (χ2v) is 7.46. The lowest BCUT2D eigenvalue weighted by Gasteiger charge is -2.32. The van der Waals surface area contributed by atoms with Crippen LogP contribution in [0.5, 0.6) is 0 Å². The number of aromatic nitrogens is 1. The van der Waals surface area contributed by atoms with Crippen LogP contribution in [0, 0.1) is 0 Å². The van der Waals surface area contributed by atoms with Crippen molar-refractivity contribution in [2.75, 3.05) is 25.6 Å². The average Bonchev–Trinajstić information content (AvgIpc) is 2.90. The molecule has 2 heterocycles. The molecule has 1 atom stereocenters. The van der Waals surface area contributed by atoms with E-state index in [-0.39, 0.29) is 0 Å². The van der Waals surface area contributed by atoms with Crippen LogP contribution in [-0.4, -0.2) is 40.2 Å². The second kappa shape index (κ2) is 5.67. The Hall–Kier alpha value is -0.970. The van der Waals surface area contributed by atoms with Crippen molar-refractivity contribution in [1.29, 1.82) is 0 Å². The van der Waals surface area contributed by atoms with Gasteiger partial charge in [0.2, 0.25) is 0 Å². The quantitative estimate of drug-likeness (QED) is 0.941. The molecule has 0 spiro atoms. The third kappa shape index (κ3) is 2.72. The molecule has 1 aliphatic heterocycles. The lowest BCUT2D eigenvalue weighted by Crippen LogP contribution is -2.30. The van der Waals surface area contributed by atoms with E-state index < -0.39 is 5.60 Å². The van der Waals surface area contributed by atoms with Gasteiger partial charge in [0.25, 0.3) is 0 Å². The van der Waals surface area contributed by atoms with E-state index in [1.165, 1.54) is 10.9 Å². The van der Waals surface area contributed by atoms with Crippen LogP contribution in [-0.2, 0) is 5.60 Å². The highest BCUT2D eigenvalue weighted by atomic mass is 32.2. The van der Waals surface area contributed by atoms with Gasteiger partial charge in [0.05, 0.1) is 11.8 Å². The number of thioether (sulfide) groups is 1. The standard InChI is InChI=1S/C17H24N2OS/c1-13(18(2)3)19-9-6-14-4-5-15(12-16(14)19)17(20)7-10-21-11-8-17/h4-6,9,12-13,20H,7-8,10-11H2,1-3H3. The van der Waals surface area contributed by atoms with Gasteiger partial charge in [0.15, 0.2) is 0 Å². The van der Waals surface area contributed by atoms with Crippen LogP contribution in [0.15, 0.2) is 30.5 Å². The highest BCUT2D eigenvalue weighted by Gasteiger charge is 2.31. The zero-order chi connectivity index (χ0) is 15.0. The molecule has 1 aromatic carbocycles. The van der Waals surface area contributed by atoms with Gasteiger partial charge in [0.1, 0.15) is 0 Å². The van der Waals surface area contributed by atoms with Crippen molar-refractivity contribution in [3.8, 4) is 0 Å². The zero-order valence-corrected chi connectivity index (χ0v) is 13.9. The van der Waals surface area contributed by atoms with Crippen molar-refractivity contribution in [2.45, 2.75) is 31.5 Å². The van der Waals surface area contributed by atoms with Gasteiger partial charge in [-0.25, -0.2) is 0 Å². The molecule has 0 aliphatic carbocycles. The van der Waals surface area contributed by atoms with E-state index >= 15 is 0 Å². The summed E-state index contributed by atoms with van der Waals surface area (Å²) in [5.41, 5.74) is 1.64. The summed E-state index contributed by atoms with van der Waals surface area (Å²) in [6, 6.07) is 8.58. The van der Waals surface area contributed by atoms with Crippen molar-refractivity contribution in [3.63, 3.8) is 0 Å². The fourth-order valence-corrected chi connectivity index (χ4v) is 4.18. The Morgan fingerprint density at radius 1 is 1.24 bits per heavy atom. The Bertz CT molecular complexity index is 629. The number of rotatable bonds is 3. The normalized spacial score (nSPS) is 20.0. The van der Waals surface area contributed by atoms with Crippen molar-refractivity contribution >= 4 is 22.7 Å². The van der Waals surface area contributed by atoms with E-state index in [1.807, 2.05) is 11.8 Å². The molecule has 1 aliphatic rings. The topological polar surface area (TPSA) is 28.4 Å². The van der Waals surface area contributed by atoms with Crippen LogP contribution in [0.3, 0.4) is 0 Å². The molecule has 0 bridgehead atoms. The third-order valence-corrected chi connectivity index (χ3v) is 5.72. The summed E-state index contributed by atoms with van der Waals surface area (Å²) in [6.45, 7) is 2.19. The lowest BCUT2D eigenvalue weighted by molar-refractivity contribution is 0.0282. The van der Waals surface area contributed by atoms with Crippen molar-refractivity contribution < 1.29 is 5.11 Å². The van der Waals surface area contributed by atoms with Crippen LogP contribution in [0.1, 0.15) is 31.5 Å². The maximum absolute atomic E-state index is 10.9. The molecule has 114 valence electrons. The summed E-state index contributed by atoms with van der Waals surface area (Å²) in [7, 11) is 4.18. The molecule has 1 saturated heterocycles. The highest BCUT2D eigenvalue weighted by Crippen LogP contribution is 2.37. The summed E-state index contributed by atoms with van der Waals surface area (Å²) >= 11 is 1.94. The minimum Gasteiger partial charge on any atom is -0.385 e. The lowest BCUT2D eigenvalue weighted by atomic mass is 9.88. The van der Waals surface area contributed by atoms with Crippen LogP contribution < -0.4 is 0 Å². The minimum absolute atomic E-state index is 0.300. The Labute approximate surface area is 130 Å². The van der Waals surface area contributed by atoms with Crippen LogP contribution in [0.2, 0.25) is 0 Å². The smallest absolute Gasteiger partial charge is 0.0913 e. The molecule has 2 aromatic rings. The van der Waals surface area contributed by atoms with Gasteiger partial charge in [-0.15, -0.1) is 0 Å². The summed E-state index contributed by atoms with van der Waals surface area (Å²) in [4.78, 5) is 2.19. The summed E-state index contributed by atoms with van der Waals surface area (Å²) in [6.07, 6.45) is 4.15. The first-order valence-corrected chi connectivity index (χ1v) is 8.74. The van der Waals surface area contributed by atoms with Gasteiger partial charge in [-0.05, 0) is 68.4 Å². The Morgan fingerprint density at radius 2 is 1.95 bits per heavy atom. The van der Waals surface area contributed by atoms with E-state index in [0.717, 1.165) is 29.9 Å². The van der Waals surface area contributed by atoms with E-state index in [4.69, 9.17) is 0 Å². The van der Waals surface area contributed by atoms with Gasteiger partial charge < -0.3 is 9.67 Å². The molecular formula is C17H24N2OS. The molecule has 1 aromatic heterocycles. The number of fused-ring (bicyclic) bond motifs is 1. The summed E-state index contributed by atoms with van der Waals surface area (Å²) in [5.74, 6) is 2.09. The first-order chi connectivity index (χ1) is 10.0. The van der Waals surface area contributed by atoms with Crippen LogP contribution in [0.25, 0.3) is 10.9 Å². The molecule has 1 N–H and O–H groups in total. The maximum Gasteiger partial charge on any atom is 0.0913 e. The van der Waals surface area contributed by atoms with Crippen molar-refractivity contribution in [3.05, 3.63) is 36.0 Å². The third-order valence-electron chi connectivity index (χ3n) is 4.73. The average molecular weight is 304 g/mol. The Morgan fingerprint density at radius 3 is 2.62 bits per heavy atom. The predicted molar refractivity (Wildman–Crippen MR) is 90.8 cm³/mol. The van der Waals surface area contributed by atoms with Crippen molar-refractivity contribution in [1.82, 2.24) is 9.47 Å². The molecular weight excluding hydrogens is 280 g/mol. The molecule has 1 unspecified atom stereocenters. The molecule has 1 fully saturated rings. The number of benzene rings is 1. The molecule has 0 saturated carbocycles. The fraction of sp³-hybridized carbons (Fsp3) is 0.529. The van der Waals surface area contributed by atoms with Gasteiger partial charge in [-0.3, -0.25) is 4.90 Å². The van der Waals surface area contributed by atoms with E-state index in [9.17, 15) is 5.11 Å². The van der Waals surface area contributed by atoms with Crippen LogP contribution in [0.4, 0.5) is 0 Å². The molecule has 3 nitrogen and oxygen atoms in total. The fourth-order valence-electron chi connectivity index (χ4n) is 3.01. The first kappa shape index (κ1) is 14.9. The molecule has 0 amide bonds. The van der Waals surface area contributed by atoms with Crippen LogP contribution >= 0.6 is 11.8 Å². The maximum atomic E-state index is 10.9. The summed E-state index contributed by atoms with van der Waals surface area (Å²) in [5, 5.41) is 12.2. The minimum atomic E-state index is -0.643. The van der Waals surface area contributed by atoms with E-state index in [0.29, 0.717) is 6.17 Å². The molecule has 21 heavy (non-hydrogen) atoms. The Kier molecular flexibility index (Phi) is 4.04. The molecule has 0 radical (unpaired) electrons. The van der Waals surface area contributed by atoms with E-state index in [1.54, 1.807) is 0 Å². The van der Waals surface area contributed by atoms with Gasteiger partial charge in [-0.1, -0.05) is 12.1 Å².